The minimum atomic E-state index is -1.02. The summed E-state index contributed by atoms with van der Waals surface area (Å²) in [4.78, 5) is 24.2. The predicted molar refractivity (Wildman–Crippen MR) is 64.8 cm³/mol. The fourth-order valence-electron chi connectivity index (χ4n) is 2.04. The van der Waals surface area contributed by atoms with Crippen molar-refractivity contribution in [2.24, 2.45) is 5.92 Å². The van der Waals surface area contributed by atoms with Gasteiger partial charge < -0.3 is 20.1 Å². The molecule has 1 N–H and O–H groups in total. The molecule has 2 rings (SSSR count). The van der Waals surface area contributed by atoms with Gasteiger partial charge in [0.2, 0.25) is 0 Å². The van der Waals surface area contributed by atoms with Gasteiger partial charge in [0.15, 0.2) is 0 Å². The normalized spacial score (nSPS) is 16.3. The SMILES string of the molecule is O=C([O-])C1CCN(C(=O)Nc2ccccc2)CC1. The maximum atomic E-state index is 11.9. The van der Waals surface area contributed by atoms with E-state index in [0.717, 1.165) is 5.69 Å². The van der Waals surface area contributed by atoms with E-state index in [1.54, 1.807) is 4.90 Å². The fraction of sp³-hybridized carbons (Fsp3) is 0.385. The molecule has 96 valence electrons. The number of nitrogens with zero attached hydrogens (tertiary/aromatic N) is 1. The lowest BCUT2D eigenvalue weighted by molar-refractivity contribution is -0.312. The Bertz CT molecular complexity index is 425. The van der Waals surface area contributed by atoms with Gasteiger partial charge in [-0.25, -0.2) is 4.79 Å². The predicted octanol–water partition coefficient (Wildman–Crippen LogP) is 0.680. The van der Waals surface area contributed by atoms with Crippen molar-refractivity contribution in [1.82, 2.24) is 4.90 Å². The summed E-state index contributed by atoms with van der Waals surface area (Å²) in [5.74, 6) is -1.44. The summed E-state index contributed by atoms with van der Waals surface area (Å²) < 4.78 is 0. The molecule has 0 atom stereocenters. The summed E-state index contributed by atoms with van der Waals surface area (Å²) in [6.45, 7) is 0.911. The third-order valence-electron chi connectivity index (χ3n) is 3.14. The number of aliphatic carboxylic acids is 1. The second-order valence-corrected chi connectivity index (χ2v) is 4.38. The molecule has 0 aromatic heterocycles. The number of hydrogen-bond donors (Lipinski definition) is 1. The number of carbonyl (C=O) groups is 2. The summed E-state index contributed by atoms with van der Waals surface area (Å²) >= 11 is 0. The van der Waals surface area contributed by atoms with E-state index < -0.39 is 11.9 Å². The van der Waals surface area contributed by atoms with Crippen LogP contribution in [0.3, 0.4) is 0 Å². The lowest BCUT2D eigenvalue weighted by Gasteiger charge is -2.32. The molecule has 5 heteroatoms. The molecule has 0 radical (unpaired) electrons. The zero-order chi connectivity index (χ0) is 13.0. The van der Waals surface area contributed by atoms with Gasteiger partial charge in [0.1, 0.15) is 0 Å². The molecule has 1 saturated heterocycles. The minimum absolute atomic E-state index is 0.182. The Morgan fingerprint density at radius 3 is 2.33 bits per heavy atom. The number of likely N-dealkylation sites (tertiary alicyclic amines) is 1. The second kappa shape index (κ2) is 5.53. The summed E-state index contributed by atoms with van der Waals surface area (Å²) in [5.41, 5.74) is 0.740. The molecular formula is C13H15N2O3-. The maximum absolute atomic E-state index is 11.9. The van der Waals surface area contributed by atoms with E-state index in [2.05, 4.69) is 5.32 Å². The summed E-state index contributed by atoms with van der Waals surface area (Å²) in [6, 6.07) is 9.01. The van der Waals surface area contributed by atoms with Crippen LogP contribution in [-0.4, -0.2) is 30.0 Å². The van der Waals surface area contributed by atoms with Gasteiger partial charge >= 0.3 is 6.03 Å². The molecule has 0 unspecified atom stereocenters. The molecule has 1 aromatic rings. The van der Waals surface area contributed by atoms with Crippen LogP contribution >= 0.6 is 0 Å². The van der Waals surface area contributed by atoms with E-state index in [1.165, 1.54) is 0 Å². The van der Waals surface area contributed by atoms with Crippen molar-refractivity contribution in [3.63, 3.8) is 0 Å². The van der Waals surface area contributed by atoms with Crippen LogP contribution in [-0.2, 0) is 4.79 Å². The molecule has 1 aliphatic rings. The molecule has 0 bridgehead atoms. The topological polar surface area (TPSA) is 72.5 Å². The number of amides is 2. The maximum Gasteiger partial charge on any atom is 0.321 e. The van der Waals surface area contributed by atoms with Crippen molar-refractivity contribution < 1.29 is 14.7 Å². The van der Waals surface area contributed by atoms with Crippen molar-refractivity contribution in [3.8, 4) is 0 Å². The van der Waals surface area contributed by atoms with E-state index >= 15 is 0 Å². The molecule has 2 amide bonds. The first-order chi connectivity index (χ1) is 8.66. The third kappa shape index (κ3) is 3.00. The van der Waals surface area contributed by atoms with E-state index in [0.29, 0.717) is 25.9 Å². The standard InChI is InChI=1S/C13H16N2O3/c16-12(17)10-6-8-15(9-7-10)13(18)14-11-4-2-1-3-5-11/h1-5,10H,6-9H2,(H,14,18)(H,16,17)/p-1. The zero-order valence-electron chi connectivity index (χ0n) is 9.96. The molecule has 1 heterocycles. The van der Waals surface area contributed by atoms with Crippen LogP contribution in [0.2, 0.25) is 0 Å². The first kappa shape index (κ1) is 12.4. The van der Waals surface area contributed by atoms with Crippen LogP contribution in [0.1, 0.15) is 12.8 Å². The summed E-state index contributed by atoms with van der Waals surface area (Å²) in [7, 11) is 0. The lowest BCUT2D eigenvalue weighted by Crippen LogP contribution is -2.45. The van der Waals surface area contributed by atoms with Gasteiger partial charge in [-0.2, -0.15) is 0 Å². The molecule has 0 spiro atoms. The molecular weight excluding hydrogens is 232 g/mol. The highest BCUT2D eigenvalue weighted by atomic mass is 16.4. The minimum Gasteiger partial charge on any atom is -0.550 e. The molecule has 5 nitrogen and oxygen atoms in total. The molecule has 1 fully saturated rings. The number of nitrogens with one attached hydrogen (secondary N) is 1. The number of carboxylic acids is 1. The number of benzene rings is 1. The number of carbonyl (C=O) groups excluding carboxylic acids is 2. The van der Waals surface area contributed by atoms with Gasteiger partial charge in [0.05, 0.1) is 0 Å². The number of urea groups is 1. The Labute approximate surface area is 105 Å². The Morgan fingerprint density at radius 2 is 1.78 bits per heavy atom. The van der Waals surface area contributed by atoms with Gasteiger partial charge in [-0.1, -0.05) is 18.2 Å². The highest BCUT2D eigenvalue weighted by molar-refractivity contribution is 5.89. The average molecular weight is 247 g/mol. The van der Waals surface area contributed by atoms with Crippen molar-refractivity contribution in [2.75, 3.05) is 18.4 Å². The Balaban J connectivity index is 1.86. The van der Waals surface area contributed by atoms with E-state index in [-0.39, 0.29) is 6.03 Å². The van der Waals surface area contributed by atoms with Crippen molar-refractivity contribution in [3.05, 3.63) is 30.3 Å². The molecule has 0 aliphatic carbocycles. The zero-order valence-corrected chi connectivity index (χ0v) is 9.96. The van der Waals surface area contributed by atoms with Crippen LogP contribution in [0.25, 0.3) is 0 Å². The van der Waals surface area contributed by atoms with Gasteiger partial charge in [-0.05, 0) is 25.0 Å². The molecule has 0 saturated carbocycles. The van der Waals surface area contributed by atoms with Crippen molar-refractivity contribution >= 4 is 17.7 Å². The van der Waals surface area contributed by atoms with Crippen molar-refractivity contribution in [1.29, 1.82) is 0 Å². The largest absolute Gasteiger partial charge is 0.550 e. The van der Waals surface area contributed by atoms with Crippen LogP contribution < -0.4 is 10.4 Å². The van der Waals surface area contributed by atoms with Gasteiger partial charge in [-0.15, -0.1) is 0 Å². The van der Waals surface area contributed by atoms with Gasteiger partial charge in [0, 0.05) is 30.7 Å². The van der Waals surface area contributed by atoms with Crippen LogP contribution in [0.15, 0.2) is 30.3 Å². The third-order valence-corrected chi connectivity index (χ3v) is 3.14. The second-order valence-electron chi connectivity index (χ2n) is 4.38. The smallest absolute Gasteiger partial charge is 0.321 e. The average Bonchev–Trinajstić information content (AvgIpc) is 2.40. The Morgan fingerprint density at radius 1 is 1.17 bits per heavy atom. The number of hydrogen-bond acceptors (Lipinski definition) is 3. The fourth-order valence-corrected chi connectivity index (χ4v) is 2.04. The van der Waals surface area contributed by atoms with E-state index in [4.69, 9.17) is 0 Å². The first-order valence-corrected chi connectivity index (χ1v) is 5.98. The van der Waals surface area contributed by atoms with Crippen LogP contribution in [0, 0.1) is 5.92 Å². The number of para-hydroxylation sites is 1. The lowest BCUT2D eigenvalue weighted by atomic mass is 9.97. The quantitative estimate of drug-likeness (QED) is 0.835. The number of rotatable bonds is 2. The van der Waals surface area contributed by atoms with Crippen LogP contribution in [0.4, 0.5) is 10.5 Å². The number of piperidine rings is 1. The van der Waals surface area contributed by atoms with Crippen LogP contribution in [0.5, 0.6) is 0 Å². The number of carboxylic acid groups (broad SMARTS) is 1. The Kier molecular flexibility index (Phi) is 3.82. The first-order valence-electron chi connectivity index (χ1n) is 5.98. The monoisotopic (exact) mass is 247 g/mol. The highest BCUT2D eigenvalue weighted by Crippen LogP contribution is 2.17. The Hall–Kier alpha value is -2.04. The van der Waals surface area contributed by atoms with E-state index in [1.807, 2.05) is 30.3 Å². The molecule has 18 heavy (non-hydrogen) atoms. The molecule has 1 aromatic carbocycles. The highest BCUT2D eigenvalue weighted by Gasteiger charge is 2.23. The van der Waals surface area contributed by atoms with Crippen molar-refractivity contribution in [2.45, 2.75) is 12.8 Å². The van der Waals surface area contributed by atoms with Gasteiger partial charge in [0.25, 0.3) is 0 Å². The molecule has 1 aliphatic heterocycles. The van der Waals surface area contributed by atoms with Gasteiger partial charge in [-0.3, -0.25) is 0 Å². The number of anilines is 1. The van der Waals surface area contributed by atoms with E-state index in [9.17, 15) is 14.7 Å². The summed E-state index contributed by atoms with van der Waals surface area (Å²) in [5, 5.41) is 13.5. The summed E-state index contributed by atoms with van der Waals surface area (Å²) in [6.07, 6.45) is 0.926.